The zero-order chi connectivity index (χ0) is 15.1. The molecule has 0 atom stereocenters. The van der Waals surface area contributed by atoms with Crippen LogP contribution in [0.2, 0.25) is 0 Å². The molecule has 0 saturated heterocycles. The van der Waals surface area contributed by atoms with Gasteiger partial charge < -0.3 is 5.32 Å². The number of hydrogen-bond acceptors (Lipinski definition) is 5. The first-order valence-electron chi connectivity index (χ1n) is 6.42. The number of hydrogen-bond donors (Lipinski definition) is 1. The first-order chi connectivity index (χ1) is 10.2. The maximum atomic E-state index is 11.7. The number of benzene rings is 1. The summed E-state index contributed by atoms with van der Waals surface area (Å²) in [7, 11) is 0. The van der Waals surface area contributed by atoms with Gasteiger partial charge in [-0.05, 0) is 24.6 Å². The maximum absolute atomic E-state index is 11.7. The average molecular weight is 317 g/mol. The van der Waals surface area contributed by atoms with Crippen molar-refractivity contribution in [2.45, 2.75) is 19.2 Å². The summed E-state index contributed by atoms with van der Waals surface area (Å²) in [4.78, 5) is 16.9. The molecule has 0 radical (unpaired) electrons. The maximum Gasteiger partial charge on any atom is 0.230 e. The van der Waals surface area contributed by atoms with Crippen molar-refractivity contribution in [2.75, 3.05) is 5.75 Å². The fourth-order valence-electron chi connectivity index (χ4n) is 1.66. The van der Waals surface area contributed by atoms with Crippen LogP contribution in [0.3, 0.4) is 0 Å². The van der Waals surface area contributed by atoms with E-state index in [1.807, 2.05) is 19.1 Å². The normalized spacial score (nSPS) is 10.1. The lowest BCUT2D eigenvalue weighted by molar-refractivity contribution is -0.118. The number of carbonyl (C=O) groups excluding carboxylic acids is 1. The molecule has 0 fully saturated rings. The Hall–Kier alpha value is -1.84. The van der Waals surface area contributed by atoms with Gasteiger partial charge in [-0.2, -0.15) is 5.26 Å². The molecule has 0 aliphatic heterocycles. The van der Waals surface area contributed by atoms with E-state index < -0.39 is 0 Å². The van der Waals surface area contributed by atoms with Crippen molar-refractivity contribution >= 4 is 29.0 Å². The van der Waals surface area contributed by atoms with Crippen LogP contribution in [0.25, 0.3) is 0 Å². The van der Waals surface area contributed by atoms with Crippen molar-refractivity contribution in [2.24, 2.45) is 0 Å². The molecule has 0 saturated carbocycles. The molecule has 0 aliphatic rings. The molecule has 0 aliphatic carbocycles. The van der Waals surface area contributed by atoms with Crippen molar-refractivity contribution in [1.29, 1.82) is 5.26 Å². The van der Waals surface area contributed by atoms with Crippen LogP contribution in [0, 0.1) is 18.3 Å². The summed E-state index contributed by atoms with van der Waals surface area (Å²) in [5.74, 6) is 1.22. The number of thiazole rings is 1. The van der Waals surface area contributed by atoms with Gasteiger partial charge in [0.2, 0.25) is 5.91 Å². The van der Waals surface area contributed by atoms with E-state index >= 15 is 0 Å². The van der Waals surface area contributed by atoms with Crippen molar-refractivity contribution in [3.8, 4) is 6.07 Å². The number of carbonyl (C=O) groups is 1. The van der Waals surface area contributed by atoms with Gasteiger partial charge in [0, 0.05) is 16.8 Å². The van der Waals surface area contributed by atoms with Crippen LogP contribution in [-0.2, 0) is 17.1 Å². The Bertz CT molecular complexity index is 644. The molecule has 1 aromatic heterocycles. The standard InChI is InChI=1S/C15H15N3OS2/c1-11-17-7-14(21-11)8-18-15(19)10-20-9-13-4-2-12(6-16)3-5-13/h2-5,7H,8-10H2,1H3,(H,18,19). The predicted molar refractivity (Wildman–Crippen MR) is 86.0 cm³/mol. The van der Waals surface area contributed by atoms with Gasteiger partial charge in [-0.15, -0.1) is 23.1 Å². The van der Waals surface area contributed by atoms with E-state index in [2.05, 4.69) is 16.4 Å². The smallest absolute Gasteiger partial charge is 0.230 e. The Morgan fingerprint density at radius 3 is 2.81 bits per heavy atom. The number of amides is 1. The summed E-state index contributed by atoms with van der Waals surface area (Å²) in [6, 6.07) is 9.52. The highest BCUT2D eigenvalue weighted by molar-refractivity contribution is 7.99. The second-order valence-corrected chi connectivity index (χ2v) is 6.73. The molecule has 1 aromatic carbocycles. The third kappa shape index (κ3) is 5.21. The molecule has 2 rings (SSSR count). The van der Waals surface area contributed by atoms with Gasteiger partial charge >= 0.3 is 0 Å². The Balaban J connectivity index is 1.68. The predicted octanol–water partition coefficient (Wildman–Crippen LogP) is 2.87. The second-order valence-electron chi connectivity index (χ2n) is 4.42. The molecule has 21 heavy (non-hydrogen) atoms. The largest absolute Gasteiger partial charge is 0.350 e. The summed E-state index contributed by atoms with van der Waals surface area (Å²) in [6.07, 6.45) is 1.80. The molecule has 0 bridgehead atoms. The van der Waals surface area contributed by atoms with E-state index in [0.29, 0.717) is 17.9 Å². The molecule has 0 spiro atoms. The fourth-order valence-corrected chi connectivity index (χ4v) is 3.21. The van der Waals surface area contributed by atoms with Gasteiger partial charge in [0.25, 0.3) is 0 Å². The number of thioether (sulfide) groups is 1. The topological polar surface area (TPSA) is 65.8 Å². The summed E-state index contributed by atoms with van der Waals surface area (Å²) >= 11 is 3.16. The quantitative estimate of drug-likeness (QED) is 0.889. The van der Waals surface area contributed by atoms with Crippen molar-refractivity contribution in [1.82, 2.24) is 10.3 Å². The highest BCUT2D eigenvalue weighted by Crippen LogP contribution is 2.13. The third-order valence-electron chi connectivity index (χ3n) is 2.71. The second kappa shape index (κ2) is 7.81. The lowest BCUT2D eigenvalue weighted by Crippen LogP contribution is -2.24. The van der Waals surface area contributed by atoms with E-state index in [0.717, 1.165) is 21.2 Å². The number of rotatable bonds is 6. The molecule has 6 heteroatoms. The average Bonchev–Trinajstić information content (AvgIpc) is 2.91. The highest BCUT2D eigenvalue weighted by Gasteiger charge is 2.04. The molecule has 1 amide bonds. The zero-order valence-electron chi connectivity index (χ0n) is 11.6. The number of nitrogens with zero attached hydrogens (tertiary/aromatic N) is 2. The molecule has 1 heterocycles. The van der Waals surface area contributed by atoms with Crippen LogP contribution in [0.4, 0.5) is 0 Å². The van der Waals surface area contributed by atoms with Crippen molar-refractivity contribution in [3.63, 3.8) is 0 Å². The van der Waals surface area contributed by atoms with E-state index in [9.17, 15) is 4.79 Å². The van der Waals surface area contributed by atoms with Crippen molar-refractivity contribution in [3.05, 3.63) is 51.5 Å². The minimum atomic E-state index is 0.0275. The first-order valence-corrected chi connectivity index (χ1v) is 8.39. The van der Waals surface area contributed by atoms with E-state index in [-0.39, 0.29) is 5.91 Å². The molecular weight excluding hydrogens is 302 g/mol. The van der Waals surface area contributed by atoms with Crippen LogP contribution in [0.15, 0.2) is 30.5 Å². The van der Waals surface area contributed by atoms with Gasteiger partial charge in [-0.3, -0.25) is 4.79 Å². The number of aryl methyl sites for hydroxylation is 1. The molecular formula is C15H15N3OS2. The summed E-state index contributed by atoms with van der Waals surface area (Å²) in [5, 5.41) is 12.6. The van der Waals surface area contributed by atoms with Gasteiger partial charge in [-0.1, -0.05) is 12.1 Å². The van der Waals surface area contributed by atoms with Crippen LogP contribution in [-0.4, -0.2) is 16.6 Å². The minimum Gasteiger partial charge on any atom is -0.350 e. The molecule has 2 aromatic rings. The summed E-state index contributed by atoms with van der Waals surface area (Å²) < 4.78 is 0. The Morgan fingerprint density at radius 2 is 2.19 bits per heavy atom. The third-order valence-corrected chi connectivity index (χ3v) is 4.63. The number of nitriles is 1. The SMILES string of the molecule is Cc1ncc(CNC(=O)CSCc2ccc(C#N)cc2)s1. The molecule has 108 valence electrons. The van der Waals surface area contributed by atoms with E-state index in [1.165, 1.54) is 0 Å². The van der Waals surface area contributed by atoms with E-state index in [4.69, 9.17) is 5.26 Å². The fraction of sp³-hybridized carbons (Fsp3) is 0.267. The Morgan fingerprint density at radius 1 is 1.43 bits per heavy atom. The molecule has 1 N–H and O–H groups in total. The van der Waals surface area contributed by atoms with Crippen LogP contribution in [0.1, 0.15) is 21.0 Å². The van der Waals surface area contributed by atoms with Gasteiger partial charge in [-0.25, -0.2) is 4.98 Å². The molecule has 0 unspecified atom stereocenters. The Kier molecular flexibility index (Phi) is 5.78. The van der Waals surface area contributed by atoms with Crippen LogP contribution >= 0.6 is 23.1 Å². The van der Waals surface area contributed by atoms with Gasteiger partial charge in [0.15, 0.2) is 0 Å². The van der Waals surface area contributed by atoms with Crippen LogP contribution in [0.5, 0.6) is 0 Å². The van der Waals surface area contributed by atoms with Crippen LogP contribution < -0.4 is 5.32 Å². The Labute approximate surface area is 132 Å². The highest BCUT2D eigenvalue weighted by atomic mass is 32.2. The first kappa shape index (κ1) is 15.5. The summed E-state index contributed by atoms with van der Waals surface area (Å²) in [6.45, 7) is 2.49. The lowest BCUT2D eigenvalue weighted by Gasteiger charge is -2.04. The van der Waals surface area contributed by atoms with Gasteiger partial charge in [0.1, 0.15) is 0 Å². The molecule has 4 nitrogen and oxygen atoms in total. The van der Waals surface area contributed by atoms with Gasteiger partial charge in [0.05, 0.1) is 28.9 Å². The van der Waals surface area contributed by atoms with Crippen molar-refractivity contribution < 1.29 is 4.79 Å². The summed E-state index contributed by atoms with van der Waals surface area (Å²) in [5.41, 5.74) is 1.77. The minimum absolute atomic E-state index is 0.0275. The number of nitrogens with one attached hydrogen (secondary N) is 1. The number of aromatic nitrogens is 1. The zero-order valence-corrected chi connectivity index (χ0v) is 13.3. The lowest BCUT2D eigenvalue weighted by atomic mass is 10.2. The van der Waals surface area contributed by atoms with E-state index in [1.54, 1.807) is 41.4 Å². The monoisotopic (exact) mass is 317 g/mol.